The molecule has 1 aromatic rings. The minimum atomic E-state index is 0.123. The van der Waals surface area contributed by atoms with Crippen molar-refractivity contribution in [1.82, 2.24) is 5.32 Å². The summed E-state index contributed by atoms with van der Waals surface area (Å²) in [6.07, 6.45) is 2.31. The van der Waals surface area contributed by atoms with E-state index < -0.39 is 0 Å². The van der Waals surface area contributed by atoms with Gasteiger partial charge in [-0.25, -0.2) is 0 Å². The first-order valence-corrected chi connectivity index (χ1v) is 7.29. The predicted molar refractivity (Wildman–Crippen MR) is 80.6 cm³/mol. The zero-order valence-corrected chi connectivity index (χ0v) is 12.3. The number of hydrogen-bond donors (Lipinski definition) is 2. The molecule has 2 N–H and O–H groups in total. The van der Waals surface area contributed by atoms with Crippen molar-refractivity contribution in [2.24, 2.45) is 0 Å². The maximum absolute atomic E-state index is 9.38. The highest BCUT2D eigenvalue weighted by Crippen LogP contribution is 2.33. The quantitative estimate of drug-likeness (QED) is 0.798. The molecule has 0 radical (unpaired) electrons. The highest BCUT2D eigenvalue weighted by atomic mass is 16.3. The minimum Gasteiger partial charge on any atom is -0.395 e. The lowest BCUT2D eigenvalue weighted by molar-refractivity contribution is 0.301. The number of aliphatic hydroxyl groups is 1. The van der Waals surface area contributed by atoms with Crippen LogP contribution < -0.4 is 10.2 Å². The van der Waals surface area contributed by atoms with Crippen LogP contribution in [-0.2, 0) is 6.54 Å². The summed E-state index contributed by atoms with van der Waals surface area (Å²) < 4.78 is 0. The molecule has 4 nitrogen and oxygen atoms in total. The van der Waals surface area contributed by atoms with Gasteiger partial charge >= 0.3 is 0 Å². The van der Waals surface area contributed by atoms with Crippen molar-refractivity contribution in [3.8, 4) is 6.07 Å². The van der Waals surface area contributed by atoms with Gasteiger partial charge in [0.05, 0.1) is 17.9 Å². The van der Waals surface area contributed by atoms with E-state index in [4.69, 9.17) is 0 Å². The third-order valence-corrected chi connectivity index (χ3v) is 3.53. The summed E-state index contributed by atoms with van der Waals surface area (Å²) in [5, 5.41) is 21.9. The Kier molecular flexibility index (Phi) is 4.99. The molecule has 0 amide bonds. The first kappa shape index (κ1) is 14.8. The summed E-state index contributed by atoms with van der Waals surface area (Å²) in [4.78, 5) is 2.16. The third-order valence-electron chi connectivity index (χ3n) is 3.53. The van der Waals surface area contributed by atoms with E-state index in [1.54, 1.807) is 0 Å². The van der Waals surface area contributed by atoms with Crippen LogP contribution in [0.15, 0.2) is 18.2 Å². The maximum atomic E-state index is 9.38. The van der Waals surface area contributed by atoms with Crippen molar-refractivity contribution in [3.63, 3.8) is 0 Å². The largest absolute Gasteiger partial charge is 0.395 e. The fourth-order valence-corrected chi connectivity index (χ4v) is 2.35. The van der Waals surface area contributed by atoms with E-state index in [9.17, 15) is 10.4 Å². The SMILES string of the molecule is CC(C)NCc1ccc(N(CCO)C2CC2)c(C#N)c1. The van der Waals surface area contributed by atoms with Gasteiger partial charge in [-0.3, -0.25) is 0 Å². The molecule has 1 aromatic carbocycles. The molecule has 0 unspecified atom stereocenters. The molecule has 1 aliphatic carbocycles. The van der Waals surface area contributed by atoms with Crippen LogP contribution in [0.25, 0.3) is 0 Å². The molecule has 108 valence electrons. The summed E-state index contributed by atoms with van der Waals surface area (Å²) in [5.41, 5.74) is 2.78. The number of hydrogen-bond acceptors (Lipinski definition) is 4. The summed E-state index contributed by atoms with van der Waals surface area (Å²) >= 11 is 0. The number of nitrogens with zero attached hydrogens (tertiary/aromatic N) is 2. The molecule has 20 heavy (non-hydrogen) atoms. The molecule has 0 spiro atoms. The fourth-order valence-electron chi connectivity index (χ4n) is 2.35. The Morgan fingerprint density at radius 3 is 2.75 bits per heavy atom. The lowest BCUT2D eigenvalue weighted by Crippen LogP contribution is -2.29. The topological polar surface area (TPSA) is 59.3 Å². The zero-order valence-electron chi connectivity index (χ0n) is 12.3. The van der Waals surface area contributed by atoms with Crippen LogP contribution in [0, 0.1) is 11.3 Å². The second-order valence-corrected chi connectivity index (χ2v) is 5.65. The highest BCUT2D eigenvalue weighted by molar-refractivity contribution is 5.61. The van der Waals surface area contributed by atoms with Crippen LogP contribution in [0.3, 0.4) is 0 Å². The second-order valence-electron chi connectivity index (χ2n) is 5.65. The summed E-state index contributed by atoms with van der Waals surface area (Å²) in [6, 6.07) is 9.26. The average Bonchev–Trinajstić information content (AvgIpc) is 3.27. The first-order chi connectivity index (χ1) is 9.65. The zero-order chi connectivity index (χ0) is 14.5. The van der Waals surface area contributed by atoms with Gasteiger partial charge in [0.15, 0.2) is 0 Å². The third kappa shape index (κ3) is 3.72. The van der Waals surface area contributed by atoms with E-state index in [1.807, 2.05) is 12.1 Å². The van der Waals surface area contributed by atoms with Gasteiger partial charge in [-0.05, 0) is 30.5 Å². The van der Waals surface area contributed by atoms with E-state index in [0.717, 1.165) is 30.6 Å². The Bertz CT molecular complexity index is 489. The normalized spacial score (nSPS) is 14.3. The van der Waals surface area contributed by atoms with E-state index in [2.05, 4.69) is 36.2 Å². The van der Waals surface area contributed by atoms with E-state index in [0.29, 0.717) is 24.2 Å². The van der Waals surface area contributed by atoms with Crippen molar-refractivity contribution in [2.45, 2.75) is 45.3 Å². The molecule has 0 atom stereocenters. The van der Waals surface area contributed by atoms with Gasteiger partial charge in [0, 0.05) is 25.2 Å². The van der Waals surface area contributed by atoms with Crippen molar-refractivity contribution in [3.05, 3.63) is 29.3 Å². The minimum absolute atomic E-state index is 0.123. The van der Waals surface area contributed by atoms with Gasteiger partial charge in [-0.2, -0.15) is 5.26 Å². The molecule has 1 aliphatic rings. The molecule has 4 heteroatoms. The van der Waals surface area contributed by atoms with E-state index >= 15 is 0 Å². The van der Waals surface area contributed by atoms with Crippen molar-refractivity contribution in [2.75, 3.05) is 18.1 Å². The van der Waals surface area contributed by atoms with Gasteiger partial charge in [-0.1, -0.05) is 19.9 Å². The molecule has 0 heterocycles. The second kappa shape index (κ2) is 6.74. The molecular formula is C16H23N3O. The van der Waals surface area contributed by atoms with Crippen LogP contribution in [0.5, 0.6) is 0 Å². The van der Waals surface area contributed by atoms with Crippen LogP contribution in [0.4, 0.5) is 5.69 Å². The van der Waals surface area contributed by atoms with Gasteiger partial charge < -0.3 is 15.3 Å². The average molecular weight is 273 g/mol. The summed E-state index contributed by atoms with van der Waals surface area (Å²) in [5.74, 6) is 0. The molecule has 0 aromatic heterocycles. The molecule has 1 fully saturated rings. The monoisotopic (exact) mass is 273 g/mol. The predicted octanol–water partition coefficient (Wildman–Crippen LogP) is 2.02. The number of benzene rings is 1. The van der Waals surface area contributed by atoms with Crippen molar-refractivity contribution < 1.29 is 5.11 Å². The summed E-state index contributed by atoms with van der Waals surface area (Å²) in [6.45, 7) is 5.71. The molecule has 0 saturated heterocycles. The summed E-state index contributed by atoms with van der Waals surface area (Å²) in [7, 11) is 0. The molecule has 0 aliphatic heterocycles. The van der Waals surface area contributed by atoms with Crippen LogP contribution >= 0.6 is 0 Å². The molecule has 1 saturated carbocycles. The Labute approximate surface area is 121 Å². The van der Waals surface area contributed by atoms with Gasteiger partial charge in [0.1, 0.15) is 6.07 Å². The van der Waals surface area contributed by atoms with Crippen molar-refractivity contribution in [1.29, 1.82) is 5.26 Å². The van der Waals surface area contributed by atoms with Crippen LogP contribution in [0.1, 0.15) is 37.8 Å². The lowest BCUT2D eigenvalue weighted by atomic mass is 10.1. The van der Waals surface area contributed by atoms with Gasteiger partial charge in [-0.15, -0.1) is 0 Å². The van der Waals surface area contributed by atoms with Gasteiger partial charge in [0.25, 0.3) is 0 Å². The van der Waals surface area contributed by atoms with Crippen LogP contribution in [0.2, 0.25) is 0 Å². The number of aliphatic hydroxyl groups excluding tert-OH is 1. The standard InChI is InChI=1S/C16H23N3O/c1-12(2)18-11-13-3-6-16(14(9-13)10-17)19(7-8-20)15-4-5-15/h3,6,9,12,15,18,20H,4-5,7-8,11H2,1-2H3. The lowest BCUT2D eigenvalue weighted by Gasteiger charge is -2.25. The highest BCUT2D eigenvalue weighted by Gasteiger charge is 2.30. The molecular weight excluding hydrogens is 250 g/mol. The first-order valence-electron chi connectivity index (χ1n) is 7.29. The number of nitrogens with one attached hydrogen (secondary N) is 1. The number of anilines is 1. The number of nitriles is 1. The van der Waals surface area contributed by atoms with E-state index in [1.165, 1.54) is 0 Å². The van der Waals surface area contributed by atoms with Gasteiger partial charge in [0.2, 0.25) is 0 Å². The Hall–Kier alpha value is -1.57. The molecule has 0 bridgehead atoms. The Morgan fingerprint density at radius 2 is 2.20 bits per heavy atom. The smallest absolute Gasteiger partial charge is 0.101 e. The maximum Gasteiger partial charge on any atom is 0.101 e. The van der Waals surface area contributed by atoms with Crippen molar-refractivity contribution >= 4 is 5.69 Å². The molecule has 2 rings (SSSR count). The Balaban J connectivity index is 2.18. The Morgan fingerprint density at radius 1 is 1.45 bits per heavy atom. The van der Waals surface area contributed by atoms with Crippen LogP contribution in [-0.4, -0.2) is 30.3 Å². The number of rotatable bonds is 7. The fraction of sp³-hybridized carbons (Fsp3) is 0.562. The van der Waals surface area contributed by atoms with E-state index in [-0.39, 0.29) is 6.61 Å².